The summed E-state index contributed by atoms with van der Waals surface area (Å²) < 4.78 is 66.8. The van der Waals surface area contributed by atoms with Crippen molar-refractivity contribution in [1.82, 2.24) is 24.8 Å². The van der Waals surface area contributed by atoms with Gasteiger partial charge in [0.15, 0.2) is 17.2 Å². The van der Waals surface area contributed by atoms with Crippen molar-refractivity contribution < 1.29 is 31.8 Å². The molecule has 0 atom stereocenters. The van der Waals surface area contributed by atoms with Crippen molar-refractivity contribution in [2.24, 2.45) is 0 Å². The molecule has 5 rings (SSSR count). The molecule has 4 aromatic rings. The Labute approximate surface area is 246 Å². The number of carbonyl (C=O) groups is 1. The fourth-order valence-corrected chi connectivity index (χ4v) is 4.58. The third-order valence-electron chi connectivity index (χ3n) is 6.44. The van der Waals surface area contributed by atoms with Crippen molar-refractivity contribution in [2.75, 3.05) is 36.8 Å². The molecule has 1 saturated heterocycles. The van der Waals surface area contributed by atoms with E-state index in [2.05, 4.69) is 26.5 Å². The summed E-state index contributed by atoms with van der Waals surface area (Å²) >= 11 is 6.15. The molecule has 16 heteroatoms. The Morgan fingerprint density at radius 2 is 1.86 bits per heavy atom. The predicted molar refractivity (Wildman–Crippen MR) is 149 cm³/mol. The number of hydrogen-bond donors (Lipinski definition) is 2. The number of hydrogen-bond acceptors (Lipinski definition) is 10. The zero-order valence-corrected chi connectivity index (χ0v) is 22.8. The first-order valence-electron chi connectivity index (χ1n) is 12.5. The number of nitrogens with one attached hydrogen (secondary N) is 1. The van der Waals surface area contributed by atoms with Crippen molar-refractivity contribution in [1.29, 1.82) is 5.41 Å². The number of nitrogens with zero attached hydrogens (tertiary/aromatic N) is 6. The number of nitrogens with two attached hydrogens (primary N) is 1. The van der Waals surface area contributed by atoms with E-state index >= 15 is 0 Å². The zero-order valence-electron chi connectivity index (χ0n) is 22.0. The second-order valence-corrected chi connectivity index (χ2v) is 9.44. The van der Waals surface area contributed by atoms with Gasteiger partial charge in [-0.15, -0.1) is 0 Å². The fraction of sp³-hybridized carbons (Fsp3) is 0.185. The third-order valence-corrected chi connectivity index (χ3v) is 6.79. The third kappa shape index (κ3) is 5.83. The van der Waals surface area contributed by atoms with Crippen LogP contribution in [0.25, 0.3) is 10.9 Å². The number of pyridine rings is 2. The normalized spacial score (nSPS) is 13.6. The highest BCUT2D eigenvalue weighted by Gasteiger charge is 2.37. The van der Waals surface area contributed by atoms with E-state index in [0.29, 0.717) is 31.6 Å². The number of halogens is 5. The molecular formula is C27H21ClF4N8O3. The van der Waals surface area contributed by atoms with Crippen molar-refractivity contribution in [3.63, 3.8) is 0 Å². The summed E-state index contributed by atoms with van der Waals surface area (Å²) in [5.41, 5.74) is 4.37. The minimum absolute atomic E-state index is 0.0284. The Morgan fingerprint density at radius 3 is 2.53 bits per heavy atom. The van der Waals surface area contributed by atoms with Gasteiger partial charge in [0.1, 0.15) is 22.2 Å². The number of fused-ring (bicyclic) bond motifs is 1. The summed E-state index contributed by atoms with van der Waals surface area (Å²) in [6.07, 6.45) is -0.488. The zero-order chi connectivity index (χ0) is 30.9. The van der Waals surface area contributed by atoms with Crippen LogP contribution in [0.3, 0.4) is 0 Å². The molecule has 0 aliphatic carbocycles. The van der Waals surface area contributed by atoms with Crippen LogP contribution in [-0.4, -0.2) is 63.1 Å². The fourth-order valence-electron chi connectivity index (χ4n) is 4.39. The summed E-state index contributed by atoms with van der Waals surface area (Å²) in [5, 5.41) is 7.57. The maximum atomic E-state index is 14.5. The summed E-state index contributed by atoms with van der Waals surface area (Å²) in [7, 11) is 0. The van der Waals surface area contributed by atoms with Crippen LogP contribution in [0.2, 0.25) is 5.02 Å². The molecule has 3 aromatic heterocycles. The lowest BCUT2D eigenvalue weighted by Crippen LogP contribution is -2.48. The second kappa shape index (κ2) is 11.7. The van der Waals surface area contributed by atoms with E-state index in [4.69, 9.17) is 32.2 Å². The molecule has 4 heterocycles. The first-order valence-corrected chi connectivity index (χ1v) is 12.9. The summed E-state index contributed by atoms with van der Waals surface area (Å²) in [5.74, 6) is -2.14. The Bertz CT molecular complexity index is 1750. The predicted octanol–water partition coefficient (Wildman–Crippen LogP) is 5.23. The van der Waals surface area contributed by atoms with E-state index in [1.807, 2.05) is 0 Å². The van der Waals surface area contributed by atoms with Gasteiger partial charge in [-0.1, -0.05) is 18.2 Å². The van der Waals surface area contributed by atoms with Crippen LogP contribution in [-0.2, 0) is 11.0 Å². The molecule has 1 amide bonds. The molecular weight excluding hydrogens is 596 g/mol. The van der Waals surface area contributed by atoms with Crippen molar-refractivity contribution in [2.45, 2.75) is 6.18 Å². The van der Waals surface area contributed by atoms with E-state index in [9.17, 15) is 22.4 Å². The minimum atomic E-state index is -4.84. The molecule has 11 nitrogen and oxygen atoms in total. The molecule has 1 aliphatic rings. The highest BCUT2D eigenvalue weighted by Crippen LogP contribution is 2.41. The van der Waals surface area contributed by atoms with Crippen LogP contribution in [0, 0.1) is 11.2 Å². The number of ether oxygens (including phenoxy) is 2. The highest BCUT2D eigenvalue weighted by molar-refractivity contribution is 6.33. The average Bonchev–Trinajstić information content (AvgIpc) is 2.99. The molecule has 0 bridgehead atoms. The van der Waals surface area contributed by atoms with Gasteiger partial charge < -0.3 is 30.4 Å². The number of piperazine rings is 1. The SMILES string of the molecule is C=CC(=O)N1CCN(c2nc(Oc3cccnc3C(F)(F)F)nc3c(Oc4c(Cl)c(F)cc(N)c4C=N)nccc23)CC1. The lowest BCUT2D eigenvalue weighted by molar-refractivity contribution is -0.142. The first-order chi connectivity index (χ1) is 20.5. The van der Waals surface area contributed by atoms with Crippen molar-refractivity contribution in [3.05, 3.63) is 71.4 Å². The molecule has 0 unspecified atom stereocenters. The van der Waals surface area contributed by atoms with E-state index in [0.717, 1.165) is 24.5 Å². The first kappa shape index (κ1) is 29.4. The Morgan fingerprint density at radius 1 is 1.12 bits per heavy atom. The molecule has 1 aromatic carbocycles. The van der Waals surface area contributed by atoms with E-state index in [-0.39, 0.29) is 40.1 Å². The second-order valence-electron chi connectivity index (χ2n) is 9.06. The van der Waals surface area contributed by atoms with Crippen LogP contribution in [0.5, 0.6) is 23.4 Å². The monoisotopic (exact) mass is 616 g/mol. The Kier molecular flexibility index (Phi) is 8.00. The maximum Gasteiger partial charge on any atom is 0.437 e. The molecule has 0 radical (unpaired) electrons. The number of carbonyl (C=O) groups excluding carboxylic acids is 1. The molecule has 0 spiro atoms. The van der Waals surface area contributed by atoms with Crippen molar-refractivity contribution >= 4 is 46.1 Å². The van der Waals surface area contributed by atoms with Crippen LogP contribution in [0.1, 0.15) is 11.3 Å². The number of aromatic nitrogens is 4. The van der Waals surface area contributed by atoms with Gasteiger partial charge in [0.05, 0.1) is 10.9 Å². The topological polar surface area (TPSA) is 143 Å². The quantitative estimate of drug-likeness (QED) is 0.123. The van der Waals surface area contributed by atoms with Gasteiger partial charge in [-0.25, -0.2) is 14.4 Å². The van der Waals surface area contributed by atoms with E-state index in [1.54, 1.807) is 15.9 Å². The highest BCUT2D eigenvalue weighted by atomic mass is 35.5. The van der Waals surface area contributed by atoms with Gasteiger partial charge in [0.25, 0.3) is 0 Å². The molecule has 0 saturated carbocycles. The van der Waals surface area contributed by atoms with E-state index in [1.165, 1.54) is 18.3 Å². The van der Waals surface area contributed by atoms with E-state index < -0.39 is 34.5 Å². The van der Waals surface area contributed by atoms with Gasteiger partial charge in [-0.05, 0) is 30.3 Å². The van der Waals surface area contributed by atoms with Crippen LogP contribution < -0.4 is 20.1 Å². The van der Waals surface area contributed by atoms with Gasteiger partial charge in [0.2, 0.25) is 11.8 Å². The average molecular weight is 617 g/mol. The van der Waals surface area contributed by atoms with Gasteiger partial charge in [-0.2, -0.15) is 23.1 Å². The Balaban J connectivity index is 1.65. The van der Waals surface area contributed by atoms with Crippen LogP contribution >= 0.6 is 11.6 Å². The lowest BCUT2D eigenvalue weighted by atomic mass is 10.1. The lowest BCUT2D eigenvalue weighted by Gasteiger charge is -2.35. The summed E-state index contributed by atoms with van der Waals surface area (Å²) in [4.78, 5) is 31.7. The number of benzene rings is 1. The standard InChI is InChI=1S/C27H21ClF4N8O3/c1-2-19(41)39-8-10-40(11-9-39)24-14-5-7-36-25(43-22-15(13-33)17(34)12-16(29)20(22)28)21(14)37-26(38-24)42-18-4-3-6-35-23(18)27(30,31)32/h2-7,12-13,33H,1,8-11,34H2. The Hall–Kier alpha value is -5.05. The molecule has 1 fully saturated rings. The van der Waals surface area contributed by atoms with Gasteiger partial charge in [0, 0.05) is 50.5 Å². The number of rotatable bonds is 7. The summed E-state index contributed by atoms with van der Waals surface area (Å²) in [6, 6.07) is 4.30. The largest absolute Gasteiger partial charge is 0.437 e. The number of alkyl halides is 3. The van der Waals surface area contributed by atoms with Crippen molar-refractivity contribution in [3.8, 4) is 23.4 Å². The van der Waals surface area contributed by atoms with Gasteiger partial charge in [-0.3, -0.25) is 4.79 Å². The maximum absolute atomic E-state index is 14.5. The number of nitrogen functional groups attached to an aromatic ring is 1. The number of amides is 1. The molecule has 3 N–H and O–H groups in total. The molecule has 222 valence electrons. The smallest absolute Gasteiger partial charge is 0.434 e. The minimum Gasteiger partial charge on any atom is -0.434 e. The van der Waals surface area contributed by atoms with Crippen LogP contribution in [0.4, 0.5) is 29.1 Å². The van der Waals surface area contributed by atoms with Crippen LogP contribution in [0.15, 0.2) is 49.3 Å². The number of anilines is 2. The molecule has 1 aliphatic heterocycles. The molecule has 43 heavy (non-hydrogen) atoms. The summed E-state index contributed by atoms with van der Waals surface area (Å²) in [6.45, 7) is 4.72. The van der Waals surface area contributed by atoms with Gasteiger partial charge >= 0.3 is 12.2 Å².